The molecule has 0 radical (unpaired) electrons. The second-order valence-electron chi connectivity index (χ2n) is 6.08. The molecule has 6 nitrogen and oxygen atoms in total. The lowest BCUT2D eigenvalue weighted by molar-refractivity contribution is -0.116. The van der Waals surface area contributed by atoms with Crippen molar-refractivity contribution in [2.24, 2.45) is 0 Å². The summed E-state index contributed by atoms with van der Waals surface area (Å²) in [7, 11) is -3.64. The molecule has 142 valence electrons. The van der Waals surface area contributed by atoms with E-state index in [1.54, 1.807) is 18.2 Å². The minimum atomic E-state index is -3.64. The van der Waals surface area contributed by atoms with Gasteiger partial charge in [0, 0.05) is 21.5 Å². The number of benzene rings is 2. The van der Waals surface area contributed by atoms with Gasteiger partial charge in [-0.05, 0) is 48.9 Å². The first-order valence-electron chi connectivity index (χ1n) is 8.10. The van der Waals surface area contributed by atoms with Crippen molar-refractivity contribution in [3.63, 3.8) is 0 Å². The molecule has 27 heavy (non-hydrogen) atoms. The van der Waals surface area contributed by atoms with Crippen molar-refractivity contribution < 1.29 is 18.0 Å². The fourth-order valence-electron chi connectivity index (χ4n) is 2.55. The largest absolute Gasteiger partial charge is 0.326 e. The molecule has 2 amide bonds. The summed E-state index contributed by atoms with van der Waals surface area (Å²) in [6, 6.07) is 10.0. The van der Waals surface area contributed by atoms with Crippen molar-refractivity contribution in [1.29, 1.82) is 0 Å². The molecule has 2 N–H and O–H groups in total. The second kappa shape index (κ2) is 8.04. The molecule has 2 aromatic rings. The Labute approximate surface area is 170 Å². The second-order valence-corrected chi connectivity index (χ2v) is 10.1. The molecule has 0 saturated carbocycles. The minimum Gasteiger partial charge on any atom is -0.326 e. The summed E-state index contributed by atoms with van der Waals surface area (Å²) in [4.78, 5) is 24.5. The van der Waals surface area contributed by atoms with E-state index in [0.29, 0.717) is 17.1 Å². The summed E-state index contributed by atoms with van der Waals surface area (Å²) in [5.74, 6) is -0.531. The Balaban J connectivity index is 1.66. The van der Waals surface area contributed by atoms with E-state index in [1.807, 2.05) is 13.0 Å². The lowest BCUT2D eigenvalue weighted by Gasteiger charge is -2.17. The molecular weight excluding hydrogens is 452 g/mol. The van der Waals surface area contributed by atoms with Crippen molar-refractivity contribution in [3.8, 4) is 0 Å². The predicted molar refractivity (Wildman–Crippen MR) is 110 cm³/mol. The number of halogens is 1. The smallest absolute Gasteiger partial charge is 0.234 e. The SMILES string of the molecule is Cc1cc(NC(=O)CCS(=O)(=O)c2ccc3c(c2)NC(=O)CS3)ccc1Br. The maximum Gasteiger partial charge on any atom is 0.234 e. The zero-order valence-corrected chi connectivity index (χ0v) is 17.6. The molecule has 3 rings (SSSR count). The van der Waals surface area contributed by atoms with Crippen LogP contribution in [0.3, 0.4) is 0 Å². The molecule has 0 bridgehead atoms. The maximum absolute atomic E-state index is 12.5. The minimum absolute atomic E-state index is 0.0938. The molecule has 1 aliphatic rings. The fraction of sp³-hybridized carbons (Fsp3) is 0.222. The number of amides is 2. The van der Waals surface area contributed by atoms with Crippen LogP contribution in [-0.4, -0.2) is 31.7 Å². The number of hydrogen-bond donors (Lipinski definition) is 2. The van der Waals surface area contributed by atoms with Gasteiger partial charge in [0.05, 0.1) is 22.1 Å². The average Bonchev–Trinajstić information content (AvgIpc) is 2.62. The van der Waals surface area contributed by atoms with Gasteiger partial charge in [0.2, 0.25) is 11.8 Å². The average molecular weight is 469 g/mol. The van der Waals surface area contributed by atoms with Gasteiger partial charge < -0.3 is 10.6 Å². The van der Waals surface area contributed by atoms with Crippen molar-refractivity contribution in [2.45, 2.75) is 23.1 Å². The van der Waals surface area contributed by atoms with Gasteiger partial charge in [0.15, 0.2) is 9.84 Å². The standard InChI is InChI=1S/C18H17BrN2O4S2/c1-11-8-12(2-4-14(11)19)20-17(22)6-7-27(24,25)13-3-5-16-15(9-13)21-18(23)10-26-16/h2-5,8-9H,6-7,10H2,1H3,(H,20,22)(H,21,23). The van der Waals surface area contributed by atoms with Crippen molar-refractivity contribution >= 4 is 60.7 Å². The Kier molecular flexibility index (Phi) is 5.92. The molecule has 0 atom stereocenters. The van der Waals surface area contributed by atoms with E-state index >= 15 is 0 Å². The van der Waals surface area contributed by atoms with E-state index < -0.39 is 9.84 Å². The van der Waals surface area contributed by atoms with Gasteiger partial charge in [-0.3, -0.25) is 9.59 Å². The van der Waals surface area contributed by atoms with Crippen LogP contribution in [0.15, 0.2) is 50.7 Å². The fourth-order valence-corrected chi connectivity index (χ4v) is 4.84. The molecule has 0 saturated heterocycles. The Morgan fingerprint density at radius 2 is 2.04 bits per heavy atom. The number of carbonyl (C=O) groups is 2. The summed E-state index contributed by atoms with van der Waals surface area (Å²) in [6.07, 6.45) is -0.157. The molecule has 9 heteroatoms. The lowest BCUT2D eigenvalue weighted by atomic mass is 10.2. The molecule has 0 aliphatic carbocycles. The van der Waals surface area contributed by atoms with Gasteiger partial charge >= 0.3 is 0 Å². The Bertz CT molecular complexity index is 1020. The number of carbonyl (C=O) groups excluding carboxylic acids is 2. The molecule has 0 unspecified atom stereocenters. The Morgan fingerprint density at radius 1 is 1.26 bits per heavy atom. The maximum atomic E-state index is 12.5. The van der Waals surface area contributed by atoms with Crippen LogP contribution in [0.4, 0.5) is 11.4 Å². The van der Waals surface area contributed by atoms with Crippen LogP contribution in [0, 0.1) is 6.92 Å². The Hall–Kier alpha value is -1.84. The highest BCUT2D eigenvalue weighted by molar-refractivity contribution is 9.10. The van der Waals surface area contributed by atoms with Crippen LogP contribution >= 0.6 is 27.7 Å². The number of rotatable bonds is 5. The van der Waals surface area contributed by atoms with Crippen LogP contribution in [0.2, 0.25) is 0 Å². The van der Waals surface area contributed by atoms with Gasteiger partial charge in [-0.15, -0.1) is 11.8 Å². The summed E-state index contributed by atoms with van der Waals surface area (Å²) < 4.78 is 26.0. The van der Waals surface area contributed by atoms with E-state index in [1.165, 1.54) is 23.9 Å². The molecule has 2 aromatic carbocycles. The van der Waals surface area contributed by atoms with Gasteiger partial charge in [0.25, 0.3) is 0 Å². The van der Waals surface area contributed by atoms with E-state index in [4.69, 9.17) is 0 Å². The van der Waals surface area contributed by atoms with Crippen LogP contribution in [0.25, 0.3) is 0 Å². The van der Waals surface area contributed by atoms with Gasteiger partial charge in [0.1, 0.15) is 0 Å². The van der Waals surface area contributed by atoms with E-state index in [2.05, 4.69) is 26.6 Å². The third-order valence-corrected chi connectivity index (χ3v) is 7.66. The highest BCUT2D eigenvalue weighted by Crippen LogP contribution is 2.33. The molecule has 1 heterocycles. The van der Waals surface area contributed by atoms with Gasteiger partial charge in [-0.1, -0.05) is 15.9 Å². The monoisotopic (exact) mass is 468 g/mol. The highest BCUT2D eigenvalue weighted by atomic mass is 79.9. The van der Waals surface area contributed by atoms with Gasteiger partial charge in [-0.25, -0.2) is 8.42 Å². The first-order chi connectivity index (χ1) is 12.7. The molecular formula is C18H17BrN2O4S2. The summed E-state index contributed by atoms with van der Waals surface area (Å²) in [5, 5.41) is 5.38. The van der Waals surface area contributed by atoms with Crippen molar-refractivity contribution in [2.75, 3.05) is 22.1 Å². The normalized spacial score (nSPS) is 13.6. The number of anilines is 2. The molecule has 0 aromatic heterocycles. The number of thioether (sulfide) groups is 1. The number of aryl methyl sites for hydroxylation is 1. The quantitative estimate of drug-likeness (QED) is 0.698. The molecule has 0 fully saturated rings. The zero-order chi connectivity index (χ0) is 19.6. The topological polar surface area (TPSA) is 92.3 Å². The van der Waals surface area contributed by atoms with Crippen LogP contribution < -0.4 is 10.6 Å². The number of nitrogens with one attached hydrogen (secondary N) is 2. The van der Waals surface area contributed by atoms with Crippen LogP contribution in [-0.2, 0) is 19.4 Å². The first kappa shape index (κ1) is 19.9. The molecule has 1 aliphatic heterocycles. The number of fused-ring (bicyclic) bond motifs is 1. The summed E-state index contributed by atoms with van der Waals surface area (Å²) in [6.45, 7) is 1.90. The summed E-state index contributed by atoms with van der Waals surface area (Å²) >= 11 is 4.75. The van der Waals surface area contributed by atoms with Gasteiger partial charge in [-0.2, -0.15) is 0 Å². The number of hydrogen-bond acceptors (Lipinski definition) is 5. The third-order valence-electron chi connectivity index (χ3n) is 3.98. The van der Waals surface area contributed by atoms with E-state index in [-0.39, 0.29) is 28.9 Å². The molecule has 0 spiro atoms. The highest BCUT2D eigenvalue weighted by Gasteiger charge is 2.21. The van der Waals surface area contributed by atoms with Crippen molar-refractivity contribution in [3.05, 3.63) is 46.4 Å². The van der Waals surface area contributed by atoms with Crippen molar-refractivity contribution in [1.82, 2.24) is 0 Å². The predicted octanol–water partition coefficient (Wildman–Crippen LogP) is 3.60. The first-order valence-corrected chi connectivity index (χ1v) is 11.5. The number of sulfone groups is 1. The van der Waals surface area contributed by atoms with Crippen LogP contribution in [0.1, 0.15) is 12.0 Å². The Morgan fingerprint density at radius 3 is 2.78 bits per heavy atom. The van der Waals surface area contributed by atoms with E-state index in [9.17, 15) is 18.0 Å². The van der Waals surface area contributed by atoms with E-state index in [0.717, 1.165) is 14.9 Å². The lowest BCUT2D eigenvalue weighted by Crippen LogP contribution is -2.20. The summed E-state index contributed by atoms with van der Waals surface area (Å²) in [5.41, 5.74) is 2.08. The zero-order valence-electron chi connectivity index (χ0n) is 14.4. The third kappa shape index (κ3) is 4.91. The van der Waals surface area contributed by atoms with Crippen LogP contribution in [0.5, 0.6) is 0 Å².